The second kappa shape index (κ2) is 9.62. The van der Waals surface area contributed by atoms with Crippen LogP contribution in [0, 0.1) is 5.82 Å². The van der Waals surface area contributed by atoms with Gasteiger partial charge in [0.25, 0.3) is 5.91 Å². The summed E-state index contributed by atoms with van der Waals surface area (Å²) in [6, 6.07) is 10.6. The molecule has 4 rings (SSSR count). The number of likely N-dealkylation sites (N-methyl/N-ethyl adjacent to an activating group) is 2. The molecule has 2 aromatic heterocycles. The molecule has 1 saturated heterocycles. The molecule has 3 aromatic rings. The fraction of sp³-hybridized carbons (Fsp3) is 0.435. The summed E-state index contributed by atoms with van der Waals surface area (Å²) in [7, 11) is 4.00. The number of hydrazine groups is 1. The van der Waals surface area contributed by atoms with Crippen LogP contribution in [0.15, 0.2) is 42.6 Å². The molecule has 9 heteroatoms. The van der Waals surface area contributed by atoms with Gasteiger partial charge in [0.2, 0.25) is 0 Å². The molecule has 0 saturated carbocycles. The average molecular weight is 440 g/mol. The summed E-state index contributed by atoms with van der Waals surface area (Å²) in [6.07, 6.45) is 3.47. The minimum Gasteiger partial charge on any atom is -0.348 e. The summed E-state index contributed by atoms with van der Waals surface area (Å²) in [5.74, 6) is 0.267. The molecule has 0 aliphatic carbocycles. The van der Waals surface area contributed by atoms with Crippen molar-refractivity contribution in [1.29, 1.82) is 0 Å². The largest absolute Gasteiger partial charge is 0.348 e. The van der Waals surface area contributed by atoms with Gasteiger partial charge < -0.3 is 9.80 Å². The van der Waals surface area contributed by atoms with Gasteiger partial charge in [-0.3, -0.25) is 10.2 Å². The van der Waals surface area contributed by atoms with E-state index in [0.29, 0.717) is 24.4 Å². The Balaban J connectivity index is 1.58. The van der Waals surface area contributed by atoms with Crippen molar-refractivity contribution in [1.82, 2.24) is 29.9 Å². The Hall–Kier alpha value is -3.04. The highest BCUT2D eigenvalue weighted by atomic mass is 19.1. The van der Waals surface area contributed by atoms with Crippen LogP contribution in [0.25, 0.3) is 5.65 Å². The number of halogens is 1. The van der Waals surface area contributed by atoms with Crippen molar-refractivity contribution in [3.63, 3.8) is 0 Å². The van der Waals surface area contributed by atoms with Crippen molar-refractivity contribution in [3.05, 3.63) is 59.7 Å². The molecular weight excluding hydrogens is 409 g/mol. The van der Waals surface area contributed by atoms with Crippen LogP contribution in [0.3, 0.4) is 0 Å². The van der Waals surface area contributed by atoms with Gasteiger partial charge in [-0.25, -0.2) is 18.9 Å². The zero-order chi connectivity index (χ0) is 22.7. The molecule has 0 bridgehead atoms. The number of hydrogen-bond donors (Lipinski definition) is 1. The number of nitrogens with one attached hydrogen (secondary N) is 1. The van der Waals surface area contributed by atoms with Crippen molar-refractivity contribution in [2.75, 3.05) is 45.2 Å². The van der Waals surface area contributed by atoms with Crippen LogP contribution in [0.2, 0.25) is 0 Å². The van der Waals surface area contributed by atoms with Gasteiger partial charge in [0, 0.05) is 26.2 Å². The molecule has 170 valence electrons. The van der Waals surface area contributed by atoms with E-state index in [9.17, 15) is 9.18 Å². The van der Waals surface area contributed by atoms with Crippen LogP contribution in [-0.2, 0) is 0 Å². The SMILES string of the molecule is CCN(CCN(C)C)NC(=O)c1cnc2ccc(N3CCCC3c3cccc(F)c3)nn12. The lowest BCUT2D eigenvalue weighted by atomic mass is 10.0. The Labute approximate surface area is 187 Å². The zero-order valence-electron chi connectivity index (χ0n) is 18.8. The first-order chi connectivity index (χ1) is 15.5. The van der Waals surface area contributed by atoms with Crippen LogP contribution < -0.4 is 10.3 Å². The van der Waals surface area contributed by atoms with E-state index in [1.165, 1.54) is 6.07 Å². The minimum absolute atomic E-state index is 0.0538. The van der Waals surface area contributed by atoms with E-state index < -0.39 is 0 Å². The van der Waals surface area contributed by atoms with Gasteiger partial charge in [0.05, 0.1) is 12.2 Å². The van der Waals surface area contributed by atoms with Crippen molar-refractivity contribution in [3.8, 4) is 0 Å². The fourth-order valence-electron chi connectivity index (χ4n) is 4.09. The maximum absolute atomic E-state index is 13.8. The predicted octanol–water partition coefficient (Wildman–Crippen LogP) is 2.74. The molecule has 1 aliphatic rings. The molecule has 3 heterocycles. The van der Waals surface area contributed by atoms with E-state index in [2.05, 4.69) is 20.2 Å². The van der Waals surface area contributed by atoms with Gasteiger partial charge in [-0.05, 0) is 56.8 Å². The number of rotatable bonds is 8. The number of nitrogens with zero attached hydrogens (tertiary/aromatic N) is 6. The van der Waals surface area contributed by atoms with E-state index >= 15 is 0 Å². The van der Waals surface area contributed by atoms with E-state index in [-0.39, 0.29) is 17.8 Å². The fourth-order valence-corrected chi connectivity index (χ4v) is 4.09. The lowest BCUT2D eigenvalue weighted by Crippen LogP contribution is -2.45. The van der Waals surface area contributed by atoms with Crippen LogP contribution >= 0.6 is 0 Å². The minimum atomic E-state index is -0.245. The lowest BCUT2D eigenvalue weighted by molar-refractivity contribution is 0.0777. The van der Waals surface area contributed by atoms with Gasteiger partial charge in [-0.2, -0.15) is 0 Å². The normalized spacial score (nSPS) is 16.4. The maximum Gasteiger partial charge on any atom is 0.285 e. The van der Waals surface area contributed by atoms with Crippen molar-refractivity contribution < 1.29 is 9.18 Å². The third-order valence-corrected chi connectivity index (χ3v) is 5.82. The van der Waals surface area contributed by atoms with Gasteiger partial charge in [0.15, 0.2) is 11.3 Å². The smallest absolute Gasteiger partial charge is 0.285 e. The molecular formula is C23H30FN7O. The van der Waals surface area contributed by atoms with Gasteiger partial charge in [-0.15, -0.1) is 5.10 Å². The molecule has 1 unspecified atom stereocenters. The number of amides is 1. The topological polar surface area (TPSA) is 69.0 Å². The summed E-state index contributed by atoms with van der Waals surface area (Å²) in [4.78, 5) is 21.6. The second-order valence-corrected chi connectivity index (χ2v) is 8.34. The summed E-state index contributed by atoms with van der Waals surface area (Å²) in [5, 5.41) is 6.62. The summed E-state index contributed by atoms with van der Waals surface area (Å²) in [5.41, 5.74) is 4.88. The third kappa shape index (κ3) is 4.73. The van der Waals surface area contributed by atoms with E-state index in [1.807, 2.05) is 44.2 Å². The molecule has 1 aliphatic heterocycles. The summed E-state index contributed by atoms with van der Waals surface area (Å²) >= 11 is 0. The molecule has 0 spiro atoms. The van der Waals surface area contributed by atoms with Crippen LogP contribution in [0.4, 0.5) is 10.2 Å². The highest BCUT2D eigenvalue weighted by Gasteiger charge is 2.28. The monoisotopic (exact) mass is 439 g/mol. The van der Waals surface area contributed by atoms with Gasteiger partial charge >= 0.3 is 0 Å². The summed E-state index contributed by atoms with van der Waals surface area (Å²) in [6.45, 7) is 5.07. The number of anilines is 1. The van der Waals surface area contributed by atoms with Crippen molar-refractivity contribution in [2.24, 2.45) is 0 Å². The highest BCUT2D eigenvalue weighted by molar-refractivity contribution is 5.92. The average Bonchev–Trinajstić information content (AvgIpc) is 3.43. The quantitative estimate of drug-likeness (QED) is 0.545. The molecule has 8 nitrogen and oxygen atoms in total. The Kier molecular flexibility index (Phi) is 6.66. The third-order valence-electron chi connectivity index (χ3n) is 5.82. The Bertz CT molecular complexity index is 1080. The Morgan fingerprint density at radius 3 is 2.84 bits per heavy atom. The first-order valence-corrected chi connectivity index (χ1v) is 11.0. The number of imidazole rings is 1. The standard InChI is InChI=1S/C23H30FN7O/c1-4-29(14-13-28(2)3)27-23(32)20-16-25-21-10-11-22(26-31(20)21)30-12-6-9-19(30)17-7-5-8-18(24)15-17/h5,7-8,10-11,15-16,19H,4,6,9,12-14H2,1-3H3,(H,27,32). The molecule has 1 aromatic carbocycles. The predicted molar refractivity (Wildman–Crippen MR) is 122 cm³/mol. The highest BCUT2D eigenvalue weighted by Crippen LogP contribution is 2.35. The number of hydrogen-bond acceptors (Lipinski definition) is 6. The van der Waals surface area contributed by atoms with Crippen molar-refractivity contribution in [2.45, 2.75) is 25.8 Å². The number of benzene rings is 1. The lowest BCUT2D eigenvalue weighted by Gasteiger charge is -2.26. The van der Waals surface area contributed by atoms with Crippen molar-refractivity contribution >= 4 is 17.4 Å². The van der Waals surface area contributed by atoms with E-state index in [0.717, 1.165) is 37.3 Å². The number of fused-ring (bicyclic) bond motifs is 1. The number of carbonyl (C=O) groups excluding carboxylic acids is 1. The van der Waals surface area contributed by atoms with Crippen LogP contribution in [0.1, 0.15) is 41.9 Å². The van der Waals surface area contributed by atoms with Gasteiger partial charge in [-0.1, -0.05) is 19.1 Å². The maximum atomic E-state index is 13.8. The molecule has 0 radical (unpaired) electrons. The number of aromatic nitrogens is 3. The Morgan fingerprint density at radius 2 is 2.09 bits per heavy atom. The van der Waals surface area contributed by atoms with E-state index in [1.54, 1.807) is 22.8 Å². The first-order valence-electron chi connectivity index (χ1n) is 11.0. The molecule has 1 N–H and O–H groups in total. The molecule has 32 heavy (non-hydrogen) atoms. The first kappa shape index (κ1) is 22.2. The van der Waals surface area contributed by atoms with Crippen LogP contribution in [0.5, 0.6) is 0 Å². The molecule has 1 amide bonds. The van der Waals surface area contributed by atoms with Gasteiger partial charge in [0.1, 0.15) is 11.6 Å². The molecule has 1 fully saturated rings. The van der Waals surface area contributed by atoms with E-state index in [4.69, 9.17) is 5.10 Å². The zero-order valence-corrected chi connectivity index (χ0v) is 18.8. The van der Waals surface area contributed by atoms with Crippen LogP contribution in [-0.4, -0.2) is 70.7 Å². The number of carbonyl (C=O) groups is 1. The molecule has 1 atom stereocenters. The Morgan fingerprint density at radius 1 is 1.25 bits per heavy atom. The second-order valence-electron chi connectivity index (χ2n) is 8.34. The summed E-state index contributed by atoms with van der Waals surface area (Å²) < 4.78 is 15.4.